The number of piperidine rings is 1. The van der Waals surface area contributed by atoms with E-state index in [4.69, 9.17) is 5.73 Å². The van der Waals surface area contributed by atoms with E-state index >= 15 is 0 Å². The number of nitrogens with zero attached hydrogens (tertiary/aromatic N) is 1. The Bertz CT molecular complexity index is 500. The molecule has 1 heterocycles. The van der Waals surface area contributed by atoms with Gasteiger partial charge in [0.2, 0.25) is 5.91 Å². The molecular formula is C17H24N2O2. The maximum atomic E-state index is 12.7. The number of carbonyl (C=O) groups is 1. The van der Waals surface area contributed by atoms with Gasteiger partial charge in [-0.25, -0.2) is 0 Å². The van der Waals surface area contributed by atoms with Crippen molar-refractivity contribution in [2.24, 2.45) is 11.7 Å². The Hall–Kier alpha value is -1.55. The first-order valence-corrected chi connectivity index (χ1v) is 7.99. The number of carbonyl (C=O) groups excluding carboxylic acids is 1. The van der Waals surface area contributed by atoms with E-state index < -0.39 is 6.04 Å². The minimum atomic E-state index is -0.478. The maximum absolute atomic E-state index is 12.7. The molecule has 0 spiro atoms. The molecule has 114 valence electrons. The number of hydrogen-bond acceptors (Lipinski definition) is 3. The lowest BCUT2D eigenvalue weighted by atomic mass is 9.91. The summed E-state index contributed by atoms with van der Waals surface area (Å²) in [5.74, 6) is 1.03. The normalized spacial score (nSPS) is 26.4. The topological polar surface area (TPSA) is 66.6 Å². The van der Waals surface area contributed by atoms with Gasteiger partial charge < -0.3 is 15.7 Å². The van der Waals surface area contributed by atoms with Crippen LogP contribution in [0, 0.1) is 5.92 Å². The second-order valence-corrected chi connectivity index (χ2v) is 6.41. The zero-order valence-electron chi connectivity index (χ0n) is 12.4. The molecule has 4 nitrogen and oxygen atoms in total. The Morgan fingerprint density at radius 2 is 1.95 bits per heavy atom. The lowest BCUT2D eigenvalue weighted by Gasteiger charge is -2.39. The third kappa shape index (κ3) is 3.05. The molecule has 1 aromatic carbocycles. The van der Waals surface area contributed by atoms with E-state index in [0.29, 0.717) is 18.4 Å². The first-order chi connectivity index (χ1) is 10.1. The second kappa shape index (κ2) is 6.06. The van der Waals surface area contributed by atoms with Crippen LogP contribution >= 0.6 is 0 Å². The van der Waals surface area contributed by atoms with Crippen molar-refractivity contribution in [1.82, 2.24) is 4.90 Å². The number of phenolic OH excluding ortho intramolecular Hbond substituents is 1. The Balaban J connectivity index is 1.65. The summed E-state index contributed by atoms with van der Waals surface area (Å²) < 4.78 is 0. The smallest absolute Gasteiger partial charge is 0.240 e. The second-order valence-electron chi connectivity index (χ2n) is 6.41. The molecular weight excluding hydrogens is 264 g/mol. The van der Waals surface area contributed by atoms with Crippen molar-refractivity contribution in [2.75, 3.05) is 6.54 Å². The summed E-state index contributed by atoms with van der Waals surface area (Å²) in [7, 11) is 0. The lowest BCUT2D eigenvalue weighted by molar-refractivity contribution is -0.137. The summed E-state index contributed by atoms with van der Waals surface area (Å²) in [5, 5.41) is 9.30. The molecule has 2 fully saturated rings. The van der Waals surface area contributed by atoms with Crippen molar-refractivity contribution >= 4 is 5.91 Å². The number of rotatable bonds is 3. The summed E-state index contributed by atoms with van der Waals surface area (Å²) in [4.78, 5) is 14.7. The van der Waals surface area contributed by atoms with Crippen LogP contribution in [0.15, 0.2) is 24.3 Å². The predicted octanol–water partition coefficient (Wildman–Crippen LogP) is 2.05. The lowest BCUT2D eigenvalue weighted by Crippen LogP contribution is -2.52. The van der Waals surface area contributed by atoms with Gasteiger partial charge in [-0.2, -0.15) is 0 Å². The van der Waals surface area contributed by atoms with Gasteiger partial charge in [0, 0.05) is 12.6 Å². The molecule has 1 aliphatic heterocycles. The van der Waals surface area contributed by atoms with E-state index in [2.05, 4.69) is 0 Å². The molecule has 0 bridgehead atoms. The van der Waals surface area contributed by atoms with Gasteiger partial charge in [0.15, 0.2) is 0 Å². The zero-order chi connectivity index (χ0) is 14.8. The fourth-order valence-electron chi connectivity index (χ4n) is 3.91. The van der Waals surface area contributed by atoms with E-state index in [1.807, 2.05) is 17.0 Å². The first-order valence-electron chi connectivity index (χ1n) is 7.99. The summed E-state index contributed by atoms with van der Waals surface area (Å²) >= 11 is 0. The molecule has 1 amide bonds. The average molecular weight is 288 g/mol. The number of hydrogen-bond donors (Lipinski definition) is 2. The maximum Gasteiger partial charge on any atom is 0.240 e. The molecule has 3 atom stereocenters. The SMILES string of the molecule is N[C@H](Cc1ccc(O)cc1)C(=O)N1CCCC2CCCC21. The van der Waals surface area contributed by atoms with Gasteiger partial charge in [0.25, 0.3) is 0 Å². The predicted molar refractivity (Wildman–Crippen MR) is 81.9 cm³/mol. The van der Waals surface area contributed by atoms with E-state index in [9.17, 15) is 9.90 Å². The van der Waals surface area contributed by atoms with Crippen LogP contribution in [-0.2, 0) is 11.2 Å². The number of phenols is 1. The number of likely N-dealkylation sites (tertiary alicyclic amines) is 1. The third-order valence-corrected chi connectivity index (χ3v) is 4.99. The van der Waals surface area contributed by atoms with E-state index in [0.717, 1.165) is 24.9 Å². The van der Waals surface area contributed by atoms with Gasteiger partial charge >= 0.3 is 0 Å². The minimum absolute atomic E-state index is 0.0969. The van der Waals surface area contributed by atoms with Crippen LogP contribution in [-0.4, -0.2) is 34.5 Å². The molecule has 1 aliphatic carbocycles. The van der Waals surface area contributed by atoms with Crippen LogP contribution in [0.25, 0.3) is 0 Å². The van der Waals surface area contributed by atoms with Crippen molar-refractivity contribution in [1.29, 1.82) is 0 Å². The van der Waals surface area contributed by atoms with Crippen LogP contribution in [0.3, 0.4) is 0 Å². The molecule has 4 heteroatoms. The number of aromatic hydroxyl groups is 1. The van der Waals surface area contributed by atoms with Crippen LogP contribution in [0.4, 0.5) is 0 Å². The molecule has 3 rings (SSSR count). The molecule has 0 aromatic heterocycles. The summed E-state index contributed by atoms with van der Waals surface area (Å²) in [5.41, 5.74) is 7.14. The molecule has 3 N–H and O–H groups in total. The Labute approximate surface area is 125 Å². The number of fused-ring (bicyclic) bond motifs is 1. The molecule has 2 unspecified atom stereocenters. The molecule has 1 aromatic rings. The van der Waals surface area contributed by atoms with Gasteiger partial charge in [-0.05, 0) is 55.7 Å². The highest BCUT2D eigenvalue weighted by Gasteiger charge is 2.38. The average Bonchev–Trinajstić information content (AvgIpc) is 2.97. The van der Waals surface area contributed by atoms with Crippen LogP contribution < -0.4 is 5.73 Å². The van der Waals surface area contributed by atoms with Crippen LogP contribution in [0.5, 0.6) is 5.75 Å². The fourth-order valence-corrected chi connectivity index (χ4v) is 3.91. The first kappa shape index (κ1) is 14.4. The highest BCUT2D eigenvalue weighted by Crippen LogP contribution is 2.37. The van der Waals surface area contributed by atoms with Crippen LogP contribution in [0.2, 0.25) is 0 Å². The number of amides is 1. The van der Waals surface area contributed by atoms with Crippen molar-refractivity contribution in [3.8, 4) is 5.75 Å². The molecule has 2 aliphatic rings. The quantitative estimate of drug-likeness (QED) is 0.894. The third-order valence-electron chi connectivity index (χ3n) is 4.99. The Morgan fingerprint density at radius 3 is 2.71 bits per heavy atom. The minimum Gasteiger partial charge on any atom is -0.508 e. The van der Waals surface area contributed by atoms with Crippen molar-refractivity contribution in [2.45, 2.75) is 50.6 Å². The Morgan fingerprint density at radius 1 is 1.24 bits per heavy atom. The summed E-state index contributed by atoms with van der Waals surface area (Å²) in [6, 6.07) is 6.89. The van der Waals surface area contributed by atoms with E-state index in [1.54, 1.807) is 12.1 Å². The van der Waals surface area contributed by atoms with Crippen molar-refractivity contribution in [3.63, 3.8) is 0 Å². The van der Waals surface area contributed by atoms with Gasteiger partial charge in [-0.3, -0.25) is 4.79 Å². The largest absolute Gasteiger partial charge is 0.508 e. The van der Waals surface area contributed by atoms with Gasteiger partial charge in [0.1, 0.15) is 5.75 Å². The van der Waals surface area contributed by atoms with E-state index in [1.165, 1.54) is 19.3 Å². The number of benzene rings is 1. The molecule has 1 saturated carbocycles. The zero-order valence-corrected chi connectivity index (χ0v) is 12.4. The fraction of sp³-hybridized carbons (Fsp3) is 0.588. The van der Waals surface area contributed by atoms with Crippen molar-refractivity contribution < 1.29 is 9.90 Å². The number of nitrogens with two attached hydrogens (primary N) is 1. The van der Waals surface area contributed by atoms with Gasteiger partial charge in [-0.15, -0.1) is 0 Å². The molecule has 21 heavy (non-hydrogen) atoms. The highest BCUT2D eigenvalue weighted by atomic mass is 16.3. The summed E-state index contributed by atoms with van der Waals surface area (Å²) in [6.07, 6.45) is 6.56. The molecule has 1 saturated heterocycles. The summed E-state index contributed by atoms with van der Waals surface area (Å²) in [6.45, 7) is 0.864. The van der Waals surface area contributed by atoms with Gasteiger partial charge in [-0.1, -0.05) is 18.6 Å². The standard InChI is InChI=1S/C17H24N2O2/c18-15(11-12-6-8-14(20)9-7-12)17(21)19-10-2-4-13-3-1-5-16(13)19/h6-9,13,15-16,20H,1-5,10-11,18H2/t13?,15-,16?/m1/s1. The van der Waals surface area contributed by atoms with E-state index in [-0.39, 0.29) is 11.7 Å². The Kier molecular flexibility index (Phi) is 4.15. The monoisotopic (exact) mass is 288 g/mol. The van der Waals surface area contributed by atoms with Crippen molar-refractivity contribution in [3.05, 3.63) is 29.8 Å². The highest BCUT2D eigenvalue weighted by molar-refractivity contribution is 5.82. The van der Waals surface area contributed by atoms with Gasteiger partial charge in [0.05, 0.1) is 6.04 Å². The van der Waals surface area contributed by atoms with Crippen LogP contribution in [0.1, 0.15) is 37.7 Å². The molecule has 0 radical (unpaired) electrons.